The summed E-state index contributed by atoms with van der Waals surface area (Å²) >= 11 is 0. The van der Waals surface area contributed by atoms with E-state index >= 15 is 0 Å². The number of benzene rings is 1. The van der Waals surface area contributed by atoms with Crippen molar-refractivity contribution in [2.45, 2.75) is 26.6 Å². The number of aromatic nitrogens is 2. The van der Waals surface area contributed by atoms with Crippen molar-refractivity contribution >= 4 is 5.91 Å². The molecule has 1 N–H and O–H groups in total. The number of carbonyl (C=O) groups is 1. The maximum Gasteiger partial charge on any atom is 0.251 e. The Morgan fingerprint density at radius 3 is 2.59 bits per heavy atom. The summed E-state index contributed by atoms with van der Waals surface area (Å²) in [7, 11) is 0. The monoisotopic (exact) mass is 395 g/mol. The van der Waals surface area contributed by atoms with Crippen LogP contribution in [0.4, 0.5) is 0 Å². The number of hydrogen-bond acceptors (Lipinski definition) is 7. The maximum atomic E-state index is 12.4. The third kappa shape index (κ3) is 5.30. The molecule has 8 nitrogen and oxygen atoms in total. The van der Waals surface area contributed by atoms with E-state index < -0.39 is 0 Å². The zero-order chi connectivity index (χ0) is 20.1. The number of rotatable bonds is 7. The van der Waals surface area contributed by atoms with Gasteiger partial charge in [-0.2, -0.15) is 4.98 Å². The van der Waals surface area contributed by atoms with Crippen molar-refractivity contribution in [2.24, 2.45) is 0 Å². The van der Waals surface area contributed by atoms with Crippen LogP contribution in [0.2, 0.25) is 0 Å². The fourth-order valence-electron chi connectivity index (χ4n) is 3.45. The Morgan fingerprint density at radius 2 is 1.90 bits per heavy atom. The first-order chi connectivity index (χ1) is 14.2. The van der Waals surface area contributed by atoms with E-state index in [9.17, 15) is 4.79 Å². The van der Waals surface area contributed by atoms with Crippen molar-refractivity contribution in [3.8, 4) is 0 Å². The van der Waals surface area contributed by atoms with Crippen LogP contribution in [0.1, 0.15) is 33.4 Å². The van der Waals surface area contributed by atoms with Crippen LogP contribution in [0.15, 0.2) is 51.6 Å². The minimum atomic E-state index is -0.0945. The van der Waals surface area contributed by atoms with Crippen LogP contribution < -0.4 is 5.32 Å². The third-order valence-corrected chi connectivity index (χ3v) is 4.99. The molecular formula is C21H25N5O3. The smallest absolute Gasteiger partial charge is 0.251 e. The predicted molar refractivity (Wildman–Crippen MR) is 106 cm³/mol. The van der Waals surface area contributed by atoms with E-state index in [4.69, 9.17) is 8.94 Å². The lowest BCUT2D eigenvalue weighted by atomic mass is 10.1. The van der Waals surface area contributed by atoms with Gasteiger partial charge in [0, 0.05) is 38.3 Å². The maximum absolute atomic E-state index is 12.4. The second kappa shape index (κ2) is 9.02. The summed E-state index contributed by atoms with van der Waals surface area (Å²) in [5, 5.41) is 6.73. The van der Waals surface area contributed by atoms with E-state index in [-0.39, 0.29) is 5.91 Å². The molecule has 4 rings (SSSR count). The summed E-state index contributed by atoms with van der Waals surface area (Å²) in [5.74, 6) is 1.99. The summed E-state index contributed by atoms with van der Waals surface area (Å²) in [6.45, 7) is 7.56. The molecule has 3 heterocycles. The molecule has 1 aromatic carbocycles. The van der Waals surface area contributed by atoms with Crippen molar-refractivity contribution in [1.29, 1.82) is 0 Å². The second-order valence-corrected chi connectivity index (χ2v) is 7.25. The Labute approximate surface area is 169 Å². The molecule has 0 aliphatic carbocycles. The summed E-state index contributed by atoms with van der Waals surface area (Å²) in [6, 6.07) is 11.5. The van der Waals surface area contributed by atoms with Gasteiger partial charge < -0.3 is 14.3 Å². The molecule has 0 spiro atoms. The largest absolute Gasteiger partial charge is 0.467 e. The van der Waals surface area contributed by atoms with Crippen LogP contribution in [0, 0.1) is 6.92 Å². The van der Waals surface area contributed by atoms with E-state index in [0.29, 0.717) is 30.4 Å². The highest BCUT2D eigenvalue weighted by atomic mass is 16.5. The van der Waals surface area contributed by atoms with E-state index in [2.05, 4.69) is 31.3 Å². The lowest BCUT2D eigenvalue weighted by Gasteiger charge is -2.33. The van der Waals surface area contributed by atoms with Crippen LogP contribution >= 0.6 is 0 Å². The molecule has 152 valence electrons. The van der Waals surface area contributed by atoms with E-state index in [1.54, 1.807) is 6.26 Å². The molecule has 3 aromatic rings. The number of nitrogens with one attached hydrogen (secondary N) is 1. The van der Waals surface area contributed by atoms with Gasteiger partial charge >= 0.3 is 0 Å². The van der Waals surface area contributed by atoms with Gasteiger partial charge in [0.2, 0.25) is 5.89 Å². The van der Waals surface area contributed by atoms with Gasteiger partial charge in [0.05, 0.1) is 19.4 Å². The SMILES string of the molecule is Cc1noc(CN2CCN(Cc3cccc(C(=O)NCc4ccco4)c3)CC2)n1. The molecule has 1 amide bonds. The quantitative estimate of drug-likeness (QED) is 0.656. The highest BCUT2D eigenvalue weighted by Gasteiger charge is 2.19. The zero-order valence-electron chi connectivity index (χ0n) is 16.5. The first-order valence-electron chi connectivity index (χ1n) is 9.79. The molecule has 29 heavy (non-hydrogen) atoms. The van der Waals surface area contributed by atoms with Crippen molar-refractivity contribution in [2.75, 3.05) is 26.2 Å². The standard InChI is InChI=1S/C21H25N5O3/c1-16-23-20(29-24-16)15-26-9-7-25(8-10-26)14-17-4-2-5-18(12-17)21(27)22-13-19-6-3-11-28-19/h2-6,11-12H,7-10,13-15H2,1H3,(H,22,27). The van der Waals surface area contributed by atoms with Gasteiger partial charge in [0.15, 0.2) is 5.82 Å². The number of piperazine rings is 1. The van der Waals surface area contributed by atoms with Gasteiger partial charge in [-0.25, -0.2) is 0 Å². The molecule has 8 heteroatoms. The van der Waals surface area contributed by atoms with E-state index in [0.717, 1.165) is 44.0 Å². The van der Waals surface area contributed by atoms with Gasteiger partial charge in [-0.15, -0.1) is 0 Å². The molecule has 1 aliphatic rings. The Hall–Kier alpha value is -2.97. The third-order valence-electron chi connectivity index (χ3n) is 4.99. The number of hydrogen-bond donors (Lipinski definition) is 1. The number of amides is 1. The van der Waals surface area contributed by atoms with Gasteiger partial charge in [-0.1, -0.05) is 17.3 Å². The van der Waals surface area contributed by atoms with Crippen LogP contribution in [0.3, 0.4) is 0 Å². The van der Waals surface area contributed by atoms with Crippen molar-refractivity contribution < 1.29 is 13.7 Å². The van der Waals surface area contributed by atoms with E-state index in [1.807, 2.05) is 37.3 Å². The Morgan fingerprint density at radius 1 is 1.10 bits per heavy atom. The molecule has 0 unspecified atom stereocenters. The summed E-state index contributed by atoms with van der Waals surface area (Å²) in [5.41, 5.74) is 1.80. The number of carbonyl (C=O) groups excluding carboxylic acids is 1. The van der Waals surface area contributed by atoms with Crippen molar-refractivity contribution in [1.82, 2.24) is 25.3 Å². The van der Waals surface area contributed by atoms with E-state index in [1.165, 1.54) is 0 Å². The minimum absolute atomic E-state index is 0.0945. The summed E-state index contributed by atoms with van der Waals surface area (Å²) in [4.78, 5) is 21.4. The lowest BCUT2D eigenvalue weighted by molar-refractivity contribution is 0.0947. The second-order valence-electron chi connectivity index (χ2n) is 7.25. The van der Waals surface area contributed by atoms with Crippen LogP contribution in [0.5, 0.6) is 0 Å². The van der Waals surface area contributed by atoms with Crippen molar-refractivity contribution in [3.63, 3.8) is 0 Å². The summed E-state index contributed by atoms with van der Waals surface area (Å²) < 4.78 is 10.5. The van der Waals surface area contributed by atoms with Gasteiger partial charge in [-0.3, -0.25) is 14.6 Å². The zero-order valence-corrected chi connectivity index (χ0v) is 16.5. The average molecular weight is 395 g/mol. The molecule has 1 saturated heterocycles. The molecule has 0 atom stereocenters. The van der Waals surface area contributed by atoms with Crippen molar-refractivity contribution in [3.05, 3.63) is 71.3 Å². The minimum Gasteiger partial charge on any atom is -0.467 e. The molecule has 0 saturated carbocycles. The summed E-state index contributed by atoms with van der Waals surface area (Å²) in [6.07, 6.45) is 1.60. The molecule has 1 aliphatic heterocycles. The van der Waals surface area contributed by atoms with Gasteiger partial charge in [0.1, 0.15) is 5.76 Å². The highest BCUT2D eigenvalue weighted by Crippen LogP contribution is 2.13. The molecule has 2 aromatic heterocycles. The predicted octanol–water partition coefficient (Wildman–Crippen LogP) is 2.22. The molecule has 0 bridgehead atoms. The number of furan rings is 1. The first-order valence-corrected chi connectivity index (χ1v) is 9.79. The highest BCUT2D eigenvalue weighted by molar-refractivity contribution is 5.94. The average Bonchev–Trinajstić information content (AvgIpc) is 3.39. The Kier molecular flexibility index (Phi) is 6.02. The fourth-order valence-corrected chi connectivity index (χ4v) is 3.45. The molecule has 1 fully saturated rings. The molecule has 0 radical (unpaired) electrons. The topological polar surface area (TPSA) is 87.6 Å². The van der Waals surface area contributed by atoms with Crippen LogP contribution in [-0.2, 0) is 19.6 Å². The lowest BCUT2D eigenvalue weighted by Crippen LogP contribution is -2.45. The Bertz CT molecular complexity index is 929. The van der Waals surface area contributed by atoms with Gasteiger partial charge in [-0.05, 0) is 36.8 Å². The Balaban J connectivity index is 1.26. The normalized spacial score (nSPS) is 15.5. The number of nitrogens with zero attached hydrogens (tertiary/aromatic N) is 4. The molecular weight excluding hydrogens is 370 g/mol. The van der Waals surface area contributed by atoms with Gasteiger partial charge in [0.25, 0.3) is 5.91 Å². The van der Waals surface area contributed by atoms with Crippen LogP contribution in [-0.4, -0.2) is 52.0 Å². The number of aryl methyl sites for hydroxylation is 1. The first kappa shape index (κ1) is 19.4. The van der Waals surface area contributed by atoms with Crippen LogP contribution in [0.25, 0.3) is 0 Å². The fraction of sp³-hybridized carbons (Fsp3) is 0.381.